The van der Waals surface area contributed by atoms with Gasteiger partial charge in [0.05, 0.1) is 6.61 Å². The fourth-order valence-electron chi connectivity index (χ4n) is 5.07. The number of rotatable bonds is 3. The lowest BCUT2D eigenvalue weighted by molar-refractivity contribution is -0.0529. The third-order valence-electron chi connectivity index (χ3n) is 5.74. The molecular formula is C17H23NO. The Morgan fingerprint density at radius 3 is 2.05 bits per heavy atom. The molecule has 2 N–H and O–H groups in total. The maximum atomic E-state index is 6.03. The molecule has 0 heterocycles. The quantitative estimate of drug-likeness (QED) is 0.838. The van der Waals surface area contributed by atoms with Crippen molar-refractivity contribution in [3.8, 4) is 5.75 Å². The van der Waals surface area contributed by atoms with Crippen molar-refractivity contribution in [1.82, 2.24) is 0 Å². The van der Waals surface area contributed by atoms with Crippen molar-refractivity contribution < 1.29 is 4.74 Å². The van der Waals surface area contributed by atoms with E-state index >= 15 is 0 Å². The zero-order valence-electron chi connectivity index (χ0n) is 11.4. The van der Waals surface area contributed by atoms with Gasteiger partial charge in [0.15, 0.2) is 0 Å². The predicted octanol–water partition coefficient (Wildman–Crippen LogP) is 3.72. The van der Waals surface area contributed by atoms with Crippen molar-refractivity contribution in [3.63, 3.8) is 0 Å². The zero-order valence-corrected chi connectivity index (χ0v) is 11.4. The van der Waals surface area contributed by atoms with Gasteiger partial charge in [-0.3, -0.25) is 0 Å². The van der Waals surface area contributed by atoms with Crippen LogP contribution in [0.4, 0.5) is 5.69 Å². The van der Waals surface area contributed by atoms with E-state index in [2.05, 4.69) is 0 Å². The van der Waals surface area contributed by atoms with Gasteiger partial charge in [-0.1, -0.05) is 0 Å². The van der Waals surface area contributed by atoms with Crippen LogP contribution in [0.15, 0.2) is 24.3 Å². The number of nitrogen functional groups attached to an aromatic ring is 1. The summed E-state index contributed by atoms with van der Waals surface area (Å²) >= 11 is 0. The van der Waals surface area contributed by atoms with Crippen LogP contribution in [-0.2, 0) is 0 Å². The molecule has 4 saturated carbocycles. The molecule has 19 heavy (non-hydrogen) atoms. The van der Waals surface area contributed by atoms with E-state index in [1.165, 1.54) is 32.1 Å². The minimum Gasteiger partial charge on any atom is -0.493 e. The number of nitrogens with two attached hydrogens (primary N) is 1. The topological polar surface area (TPSA) is 35.2 Å². The number of hydrogen-bond acceptors (Lipinski definition) is 2. The average Bonchev–Trinajstić information content (AvgIpc) is 2.39. The largest absolute Gasteiger partial charge is 0.493 e. The molecule has 0 saturated heterocycles. The summed E-state index contributed by atoms with van der Waals surface area (Å²) in [4.78, 5) is 0. The van der Waals surface area contributed by atoms with E-state index in [0.717, 1.165) is 47.6 Å². The van der Waals surface area contributed by atoms with Gasteiger partial charge in [0.1, 0.15) is 5.75 Å². The number of hydrogen-bond donors (Lipinski definition) is 1. The summed E-state index contributed by atoms with van der Waals surface area (Å²) in [6.07, 6.45) is 7.43. The molecule has 2 nitrogen and oxygen atoms in total. The van der Waals surface area contributed by atoms with Gasteiger partial charge in [-0.25, -0.2) is 0 Å². The summed E-state index contributed by atoms with van der Waals surface area (Å²) < 4.78 is 6.03. The molecule has 1 aromatic rings. The standard InChI is InChI=1S/C17H23NO/c18-15-1-3-16(4-2-15)19-10-17-13-6-11-5-12(8-13)9-14(17)7-11/h1-4,11-14,17H,5-10,18H2. The third-order valence-corrected chi connectivity index (χ3v) is 5.74. The number of benzene rings is 1. The summed E-state index contributed by atoms with van der Waals surface area (Å²) in [7, 11) is 0. The van der Waals surface area contributed by atoms with Gasteiger partial charge < -0.3 is 10.5 Å². The Kier molecular flexibility index (Phi) is 2.71. The van der Waals surface area contributed by atoms with E-state index < -0.39 is 0 Å². The van der Waals surface area contributed by atoms with Gasteiger partial charge in [-0.15, -0.1) is 0 Å². The fraction of sp³-hybridized carbons (Fsp3) is 0.647. The van der Waals surface area contributed by atoms with Crippen molar-refractivity contribution in [1.29, 1.82) is 0 Å². The molecule has 0 aromatic heterocycles. The van der Waals surface area contributed by atoms with Crippen LogP contribution >= 0.6 is 0 Å². The minimum atomic E-state index is 0.807. The second kappa shape index (κ2) is 4.43. The van der Waals surface area contributed by atoms with Crippen LogP contribution in [0, 0.1) is 29.6 Å². The van der Waals surface area contributed by atoms with Crippen molar-refractivity contribution in [2.75, 3.05) is 12.3 Å². The highest BCUT2D eigenvalue weighted by Crippen LogP contribution is 2.56. The summed E-state index contributed by atoms with van der Waals surface area (Å²) in [6.45, 7) is 0.915. The Balaban J connectivity index is 1.42. The lowest BCUT2D eigenvalue weighted by Crippen LogP contribution is -2.47. The van der Waals surface area contributed by atoms with E-state index in [9.17, 15) is 0 Å². The number of ether oxygens (including phenoxy) is 1. The van der Waals surface area contributed by atoms with Gasteiger partial charge in [0.25, 0.3) is 0 Å². The average molecular weight is 257 g/mol. The molecule has 0 amide bonds. The van der Waals surface area contributed by atoms with Crippen LogP contribution in [0.25, 0.3) is 0 Å². The molecule has 4 aliphatic rings. The molecule has 5 rings (SSSR count). The number of anilines is 1. The molecule has 0 atom stereocenters. The Morgan fingerprint density at radius 1 is 0.895 bits per heavy atom. The summed E-state index contributed by atoms with van der Waals surface area (Å²) in [5.74, 6) is 5.79. The monoisotopic (exact) mass is 257 g/mol. The normalized spacial score (nSPS) is 39.5. The van der Waals surface area contributed by atoms with Gasteiger partial charge >= 0.3 is 0 Å². The first-order chi connectivity index (χ1) is 9.28. The first-order valence-corrected chi connectivity index (χ1v) is 7.76. The van der Waals surface area contributed by atoms with Crippen LogP contribution in [0.5, 0.6) is 5.75 Å². The molecule has 1 aromatic carbocycles. The van der Waals surface area contributed by atoms with Gasteiger partial charge in [-0.2, -0.15) is 0 Å². The first kappa shape index (κ1) is 11.6. The van der Waals surface area contributed by atoms with Crippen LogP contribution < -0.4 is 10.5 Å². The molecule has 4 fully saturated rings. The first-order valence-electron chi connectivity index (χ1n) is 7.76. The van der Waals surface area contributed by atoms with E-state index in [-0.39, 0.29) is 0 Å². The second-order valence-corrected chi connectivity index (χ2v) is 6.97. The maximum absolute atomic E-state index is 6.03. The van der Waals surface area contributed by atoms with E-state index in [0.29, 0.717) is 0 Å². The van der Waals surface area contributed by atoms with E-state index in [1.807, 2.05) is 24.3 Å². The smallest absolute Gasteiger partial charge is 0.119 e. The summed E-state index contributed by atoms with van der Waals surface area (Å²) in [5.41, 5.74) is 6.51. The second-order valence-electron chi connectivity index (χ2n) is 6.97. The highest BCUT2D eigenvalue weighted by molar-refractivity contribution is 5.41. The van der Waals surface area contributed by atoms with Gasteiger partial charge in [-0.05, 0) is 86.0 Å². The predicted molar refractivity (Wildman–Crippen MR) is 76.9 cm³/mol. The molecule has 0 aliphatic heterocycles. The van der Waals surface area contributed by atoms with Gasteiger partial charge in [0.2, 0.25) is 0 Å². The van der Waals surface area contributed by atoms with E-state index in [4.69, 9.17) is 10.5 Å². The lowest BCUT2D eigenvalue weighted by Gasteiger charge is -2.54. The molecule has 0 unspecified atom stereocenters. The SMILES string of the molecule is Nc1ccc(OCC2C3CC4CC(C3)CC2C4)cc1. The Hall–Kier alpha value is -1.18. The lowest BCUT2D eigenvalue weighted by atomic mass is 9.52. The van der Waals surface area contributed by atoms with Crippen LogP contribution in [0.3, 0.4) is 0 Å². The van der Waals surface area contributed by atoms with Crippen molar-refractivity contribution in [3.05, 3.63) is 24.3 Å². The molecule has 102 valence electrons. The van der Waals surface area contributed by atoms with Crippen LogP contribution in [0.2, 0.25) is 0 Å². The molecule has 4 aliphatic carbocycles. The molecule has 0 spiro atoms. The Bertz CT molecular complexity index is 425. The van der Waals surface area contributed by atoms with Crippen molar-refractivity contribution >= 4 is 5.69 Å². The minimum absolute atomic E-state index is 0.807. The zero-order chi connectivity index (χ0) is 12.8. The Morgan fingerprint density at radius 2 is 1.47 bits per heavy atom. The molecular weight excluding hydrogens is 234 g/mol. The highest BCUT2D eigenvalue weighted by Gasteiger charge is 2.48. The summed E-state index contributed by atoms with van der Waals surface area (Å²) in [6, 6.07) is 7.83. The fourth-order valence-corrected chi connectivity index (χ4v) is 5.07. The highest BCUT2D eigenvalue weighted by atomic mass is 16.5. The molecule has 2 heteroatoms. The van der Waals surface area contributed by atoms with Crippen molar-refractivity contribution in [2.45, 2.75) is 32.1 Å². The van der Waals surface area contributed by atoms with E-state index in [1.54, 1.807) is 0 Å². The van der Waals surface area contributed by atoms with Crippen LogP contribution in [-0.4, -0.2) is 6.61 Å². The third kappa shape index (κ3) is 2.11. The van der Waals surface area contributed by atoms with Crippen molar-refractivity contribution in [2.24, 2.45) is 29.6 Å². The molecule has 0 radical (unpaired) electrons. The Labute approximate surface area is 115 Å². The van der Waals surface area contributed by atoms with Crippen LogP contribution in [0.1, 0.15) is 32.1 Å². The van der Waals surface area contributed by atoms with Gasteiger partial charge in [0, 0.05) is 5.69 Å². The maximum Gasteiger partial charge on any atom is 0.119 e. The summed E-state index contributed by atoms with van der Waals surface area (Å²) in [5, 5.41) is 0. The molecule has 4 bridgehead atoms.